The first-order valence-corrected chi connectivity index (χ1v) is 5.56. The zero-order valence-electron chi connectivity index (χ0n) is 9.90. The summed E-state index contributed by atoms with van der Waals surface area (Å²) in [6.07, 6.45) is 2.57. The summed E-state index contributed by atoms with van der Waals surface area (Å²) in [6, 6.07) is 7.92. The van der Waals surface area contributed by atoms with Crippen molar-refractivity contribution in [2.75, 3.05) is 0 Å². The van der Waals surface area contributed by atoms with E-state index in [0.717, 1.165) is 12.0 Å². The standard InChI is InChI=1S/C14H18O2/c1-4-6-14(15)16-13(5-2)12-9-7-11(3)8-10-12/h5,7-10,13H,2,4,6H2,1,3H3/t13-/m1/s1. The van der Waals surface area contributed by atoms with E-state index in [-0.39, 0.29) is 12.1 Å². The van der Waals surface area contributed by atoms with E-state index in [4.69, 9.17) is 4.74 Å². The highest BCUT2D eigenvalue weighted by atomic mass is 16.5. The molecule has 0 aromatic heterocycles. The van der Waals surface area contributed by atoms with E-state index in [0.29, 0.717) is 6.42 Å². The van der Waals surface area contributed by atoms with Crippen LogP contribution in [0.2, 0.25) is 0 Å². The highest BCUT2D eigenvalue weighted by molar-refractivity contribution is 5.69. The molecular formula is C14H18O2. The molecule has 86 valence electrons. The average Bonchev–Trinajstić information content (AvgIpc) is 2.27. The van der Waals surface area contributed by atoms with Gasteiger partial charge >= 0.3 is 5.97 Å². The Balaban J connectivity index is 2.71. The van der Waals surface area contributed by atoms with E-state index in [2.05, 4.69) is 6.58 Å². The molecule has 0 saturated heterocycles. The van der Waals surface area contributed by atoms with Gasteiger partial charge in [-0.25, -0.2) is 0 Å². The molecule has 16 heavy (non-hydrogen) atoms. The molecule has 0 N–H and O–H groups in total. The SMILES string of the molecule is C=C[C@@H](OC(=O)CCC)c1ccc(C)cc1. The van der Waals surface area contributed by atoms with E-state index in [9.17, 15) is 4.79 Å². The van der Waals surface area contributed by atoms with Crippen LogP contribution in [0.4, 0.5) is 0 Å². The number of hydrogen-bond donors (Lipinski definition) is 0. The first-order valence-electron chi connectivity index (χ1n) is 5.56. The maximum Gasteiger partial charge on any atom is 0.306 e. The van der Waals surface area contributed by atoms with Crippen molar-refractivity contribution < 1.29 is 9.53 Å². The van der Waals surface area contributed by atoms with Crippen molar-refractivity contribution in [3.63, 3.8) is 0 Å². The molecule has 0 amide bonds. The van der Waals surface area contributed by atoms with Gasteiger partial charge in [0.1, 0.15) is 6.10 Å². The van der Waals surface area contributed by atoms with Crippen molar-refractivity contribution in [1.29, 1.82) is 0 Å². The van der Waals surface area contributed by atoms with Crippen LogP contribution in [0.1, 0.15) is 37.0 Å². The van der Waals surface area contributed by atoms with Gasteiger partial charge < -0.3 is 4.74 Å². The van der Waals surface area contributed by atoms with Crippen molar-refractivity contribution in [3.05, 3.63) is 48.0 Å². The van der Waals surface area contributed by atoms with Crippen LogP contribution in [-0.2, 0) is 9.53 Å². The van der Waals surface area contributed by atoms with Crippen LogP contribution in [0.3, 0.4) is 0 Å². The van der Waals surface area contributed by atoms with E-state index in [1.165, 1.54) is 5.56 Å². The fourth-order valence-corrected chi connectivity index (χ4v) is 1.41. The molecule has 0 aliphatic rings. The Hall–Kier alpha value is -1.57. The molecule has 0 bridgehead atoms. The summed E-state index contributed by atoms with van der Waals surface area (Å²) in [5.74, 6) is -0.173. The quantitative estimate of drug-likeness (QED) is 0.558. The summed E-state index contributed by atoms with van der Waals surface area (Å²) in [4.78, 5) is 11.4. The van der Waals surface area contributed by atoms with Crippen LogP contribution >= 0.6 is 0 Å². The maximum atomic E-state index is 11.4. The van der Waals surface area contributed by atoms with Crippen molar-refractivity contribution in [3.8, 4) is 0 Å². The lowest BCUT2D eigenvalue weighted by Gasteiger charge is -2.14. The lowest BCUT2D eigenvalue weighted by Crippen LogP contribution is -2.09. The molecule has 0 heterocycles. The first kappa shape index (κ1) is 12.5. The van der Waals surface area contributed by atoms with Crippen molar-refractivity contribution >= 4 is 5.97 Å². The Bertz CT molecular complexity index is 352. The van der Waals surface area contributed by atoms with Gasteiger partial charge in [0.15, 0.2) is 0 Å². The number of hydrogen-bond acceptors (Lipinski definition) is 2. The van der Waals surface area contributed by atoms with E-state index in [1.54, 1.807) is 6.08 Å². The zero-order valence-corrected chi connectivity index (χ0v) is 9.90. The van der Waals surface area contributed by atoms with Gasteiger partial charge in [0.05, 0.1) is 0 Å². The molecule has 0 unspecified atom stereocenters. The van der Waals surface area contributed by atoms with Crippen LogP contribution in [-0.4, -0.2) is 5.97 Å². The number of esters is 1. The smallest absolute Gasteiger partial charge is 0.306 e. The van der Waals surface area contributed by atoms with Gasteiger partial charge in [-0.2, -0.15) is 0 Å². The Morgan fingerprint density at radius 1 is 1.44 bits per heavy atom. The average molecular weight is 218 g/mol. The minimum absolute atomic E-state index is 0.173. The lowest BCUT2D eigenvalue weighted by atomic mass is 10.1. The molecule has 2 heteroatoms. The third kappa shape index (κ3) is 3.54. The number of carbonyl (C=O) groups is 1. The van der Waals surface area contributed by atoms with E-state index in [1.807, 2.05) is 38.1 Å². The van der Waals surface area contributed by atoms with E-state index < -0.39 is 0 Å². The first-order chi connectivity index (χ1) is 7.67. The molecule has 0 radical (unpaired) electrons. The Labute approximate surface area is 96.9 Å². The molecule has 0 aliphatic carbocycles. The van der Waals surface area contributed by atoms with Gasteiger partial charge in [0.25, 0.3) is 0 Å². The van der Waals surface area contributed by atoms with Crippen LogP contribution in [0.15, 0.2) is 36.9 Å². The van der Waals surface area contributed by atoms with Crippen LogP contribution in [0.25, 0.3) is 0 Å². The largest absolute Gasteiger partial charge is 0.453 e. The summed E-state index contributed by atoms with van der Waals surface area (Å²) >= 11 is 0. The summed E-state index contributed by atoms with van der Waals surface area (Å²) in [6.45, 7) is 7.67. The van der Waals surface area contributed by atoms with Gasteiger partial charge in [0.2, 0.25) is 0 Å². The topological polar surface area (TPSA) is 26.3 Å². The molecule has 1 aromatic carbocycles. The molecule has 2 nitrogen and oxygen atoms in total. The van der Waals surface area contributed by atoms with Crippen LogP contribution in [0, 0.1) is 6.92 Å². The zero-order chi connectivity index (χ0) is 12.0. The number of ether oxygens (including phenoxy) is 1. The third-order valence-electron chi connectivity index (χ3n) is 2.33. The fourth-order valence-electron chi connectivity index (χ4n) is 1.41. The monoisotopic (exact) mass is 218 g/mol. The second kappa shape index (κ2) is 6.11. The normalized spacial score (nSPS) is 11.9. The number of rotatable bonds is 5. The molecule has 0 saturated carbocycles. The van der Waals surface area contributed by atoms with Crippen molar-refractivity contribution in [2.24, 2.45) is 0 Å². The second-order valence-corrected chi connectivity index (χ2v) is 3.81. The lowest BCUT2D eigenvalue weighted by molar-refractivity contribution is -0.147. The fraction of sp³-hybridized carbons (Fsp3) is 0.357. The molecule has 0 fully saturated rings. The van der Waals surface area contributed by atoms with Gasteiger partial charge in [-0.1, -0.05) is 43.3 Å². The Morgan fingerprint density at radius 2 is 2.06 bits per heavy atom. The van der Waals surface area contributed by atoms with Gasteiger partial charge in [0, 0.05) is 6.42 Å². The number of benzene rings is 1. The predicted octanol–water partition coefficient (Wildman–Crippen LogP) is 3.57. The third-order valence-corrected chi connectivity index (χ3v) is 2.33. The summed E-state index contributed by atoms with van der Waals surface area (Å²) in [7, 11) is 0. The van der Waals surface area contributed by atoms with Crippen LogP contribution in [0.5, 0.6) is 0 Å². The van der Waals surface area contributed by atoms with Gasteiger partial charge in [-0.3, -0.25) is 4.79 Å². The maximum absolute atomic E-state index is 11.4. The molecule has 1 rings (SSSR count). The minimum atomic E-state index is -0.334. The van der Waals surface area contributed by atoms with Crippen LogP contribution < -0.4 is 0 Å². The molecule has 1 atom stereocenters. The number of aryl methyl sites for hydroxylation is 1. The molecule has 0 aliphatic heterocycles. The minimum Gasteiger partial charge on any atom is -0.453 e. The summed E-state index contributed by atoms with van der Waals surface area (Å²) in [5, 5.41) is 0. The van der Waals surface area contributed by atoms with E-state index >= 15 is 0 Å². The van der Waals surface area contributed by atoms with Crippen molar-refractivity contribution in [1.82, 2.24) is 0 Å². The Morgan fingerprint density at radius 3 is 2.56 bits per heavy atom. The molecule has 1 aromatic rings. The molecule has 0 spiro atoms. The highest BCUT2D eigenvalue weighted by Gasteiger charge is 2.12. The highest BCUT2D eigenvalue weighted by Crippen LogP contribution is 2.19. The second-order valence-electron chi connectivity index (χ2n) is 3.81. The summed E-state index contributed by atoms with van der Waals surface area (Å²) in [5.41, 5.74) is 2.15. The van der Waals surface area contributed by atoms with Crippen molar-refractivity contribution in [2.45, 2.75) is 32.8 Å². The van der Waals surface area contributed by atoms with Gasteiger partial charge in [-0.05, 0) is 25.0 Å². The van der Waals surface area contributed by atoms with Gasteiger partial charge in [-0.15, -0.1) is 0 Å². The Kier molecular flexibility index (Phi) is 4.77. The predicted molar refractivity (Wildman–Crippen MR) is 65.1 cm³/mol. The molecular weight excluding hydrogens is 200 g/mol. The number of carbonyl (C=O) groups excluding carboxylic acids is 1. The summed E-state index contributed by atoms with van der Waals surface area (Å²) < 4.78 is 5.31.